The molecule has 0 unspecified atom stereocenters. The highest BCUT2D eigenvalue weighted by Gasteiger charge is 2.35. The van der Waals surface area contributed by atoms with Gasteiger partial charge in [0.1, 0.15) is 23.7 Å². The molecule has 7 nitrogen and oxygen atoms in total. The number of thioether (sulfide) groups is 1. The van der Waals surface area contributed by atoms with Gasteiger partial charge in [-0.3, -0.25) is 19.3 Å². The Labute approximate surface area is 289 Å². The number of hydrogen-bond donors (Lipinski definition) is 1. The largest absolute Gasteiger partial charge is 0.489 e. The number of benzene rings is 4. The van der Waals surface area contributed by atoms with Gasteiger partial charge < -0.3 is 10.1 Å². The first-order valence-electron chi connectivity index (χ1n) is 15.5. The molecule has 0 spiro atoms. The van der Waals surface area contributed by atoms with Gasteiger partial charge in [0.2, 0.25) is 5.91 Å². The molecule has 1 N–H and O–H groups in total. The fourth-order valence-corrected chi connectivity index (χ4v) is 5.81. The fourth-order valence-electron chi connectivity index (χ4n) is 5.00. The Morgan fingerprint density at radius 1 is 0.939 bits per heavy atom. The average molecular weight is 672 g/mol. The summed E-state index contributed by atoms with van der Waals surface area (Å²) < 4.78 is 19.7. The highest BCUT2D eigenvalue weighted by Crippen LogP contribution is 2.28. The summed E-state index contributed by atoms with van der Waals surface area (Å²) in [6.45, 7) is 5.52. The Bertz CT molecular complexity index is 1900. The van der Waals surface area contributed by atoms with Crippen molar-refractivity contribution in [2.45, 2.75) is 19.6 Å². The first kappa shape index (κ1) is 34.5. The lowest BCUT2D eigenvalue weighted by molar-refractivity contribution is -0.126. The Balaban J connectivity index is 1.35. The molecule has 0 fully saturated rings. The summed E-state index contributed by atoms with van der Waals surface area (Å²) in [6.07, 6.45) is 8.09. The summed E-state index contributed by atoms with van der Waals surface area (Å²) in [4.78, 5) is 46.2. The Kier molecular flexibility index (Phi) is 11.9. The van der Waals surface area contributed by atoms with Crippen molar-refractivity contribution in [1.82, 2.24) is 10.2 Å². The second-order valence-corrected chi connectivity index (χ2v) is 11.7. The van der Waals surface area contributed by atoms with Gasteiger partial charge in [-0.2, -0.15) is 4.99 Å². The van der Waals surface area contributed by atoms with Gasteiger partial charge in [0, 0.05) is 11.3 Å². The number of allylic oxidation sites excluding steroid dienone is 4. The molecule has 0 aromatic heterocycles. The van der Waals surface area contributed by atoms with E-state index >= 15 is 0 Å². The van der Waals surface area contributed by atoms with E-state index in [2.05, 4.69) is 16.9 Å². The lowest BCUT2D eigenvalue weighted by Gasteiger charge is -2.28. The van der Waals surface area contributed by atoms with E-state index in [0.29, 0.717) is 22.6 Å². The zero-order valence-electron chi connectivity index (χ0n) is 26.8. The number of amides is 3. The van der Waals surface area contributed by atoms with Crippen LogP contribution in [0.4, 0.5) is 4.39 Å². The molecule has 5 rings (SSSR count). The zero-order chi connectivity index (χ0) is 34.6. The molecule has 1 aliphatic heterocycles. The van der Waals surface area contributed by atoms with Crippen LogP contribution in [-0.2, 0) is 21.0 Å². The van der Waals surface area contributed by atoms with E-state index in [1.807, 2.05) is 60.7 Å². The quantitative estimate of drug-likeness (QED) is 0.0944. The number of ether oxygens (including phenoxy) is 1. The molecule has 0 saturated heterocycles. The van der Waals surface area contributed by atoms with Crippen LogP contribution < -0.4 is 10.1 Å². The van der Waals surface area contributed by atoms with Crippen molar-refractivity contribution in [3.63, 3.8) is 0 Å². The first-order valence-corrected chi connectivity index (χ1v) is 16.5. The predicted molar refractivity (Wildman–Crippen MR) is 193 cm³/mol. The third-order valence-electron chi connectivity index (χ3n) is 7.46. The lowest BCUT2D eigenvalue weighted by Crippen LogP contribution is -2.42. The van der Waals surface area contributed by atoms with E-state index in [1.165, 1.54) is 17.0 Å². The second-order valence-electron chi connectivity index (χ2n) is 10.8. The normalized spacial score (nSPS) is 14.3. The molecular formula is C40H34FN3O4S. The molecule has 0 radical (unpaired) electrons. The average Bonchev–Trinajstić information content (AvgIpc) is 3.13. The summed E-state index contributed by atoms with van der Waals surface area (Å²) in [5.74, 6) is -1.56. The van der Waals surface area contributed by atoms with Crippen molar-refractivity contribution in [2.75, 3.05) is 5.75 Å². The maximum atomic E-state index is 14.0. The van der Waals surface area contributed by atoms with Crippen LogP contribution in [0.3, 0.4) is 0 Å². The number of nitrogens with zero attached hydrogens (tertiary/aromatic N) is 2. The van der Waals surface area contributed by atoms with E-state index in [9.17, 15) is 18.8 Å². The molecule has 1 heterocycles. The third kappa shape index (κ3) is 8.97. The summed E-state index contributed by atoms with van der Waals surface area (Å²) in [5.41, 5.74) is 3.14. The molecular weight excluding hydrogens is 638 g/mol. The molecule has 0 atom stereocenters. The van der Waals surface area contributed by atoms with Crippen molar-refractivity contribution in [2.24, 2.45) is 4.99 Å². The number of amidine groups is 1. The summed E-state index contributed by atoms with van der Waals surface area (Å²) in [7, 11) is 0. The molecule has 246 valence electrons. The third-order valence-corrected chi connectivity index (χ3v) is 8.39. The van der Waals surface area contributed by atoms with Crippen LogP contribution in [0.5, 0.6) is 5.75 Å². The summed E-state index contributed by atoms with van der Waals surface area (Å²) in [6, 6.07) is 32.0. The number of halogens is 1. The number of aliphatic imine (C=N–C) groups is 1. The minimum Gasteiger partial charge on any atom is -0.489 e. The Morgan fingerprint density at radius 3 is 2.18 bits per heavy atom. The maximum Gasteiger partial charge on any atom is 0.285 e. The van der Waals surface area contributed by atoms with Crippen LogP contribution >= 0.6 is 11.8 Å². The number of rotatable bonds is 12. The highest BCUT2D eigenvalue weighted by molar-refractivity contribution is 8.14. The predicted octanol–water partition coefficient (Wildman–Crippen LogP) is 7.80. The van der Waals surface area contributed by atoms with E-state index in [0.717, 1.165) is 22.9 Å². The summed E-state index contributed by atoms with van der Waals surface area (Å²) in [5, 5.41) is 3.17. The molecule has 1 aliphatic rings. The van der Waals surface area contributed by atoms with Crippen LogP contribution in [0.15, 0.2) is 156 Å². The molecule has 3 amide bonds. The van der Waals surface area contributed by atoms with Gasteiger partial charge in [0.15, 0.2) is 5.17 Å². The minimum atomic E-state index is -0.723. The van der Waals surface area contributed by atoms with Crippen LogP contribution in [-0.4, -0.2) is 33.5 Å². The number of carbonyl (C=O) groups is 3. The molecule has 0 bridgehead atoms. The van der Waals surface area contributed by atoms with Gasteiger partial charge in [-0.05, 0) is 54.0 Å². The Morgan fingerprint density at radius 2 is 1.57 bits per heavy atom. The van der Waals surface area contributed by atoms with Crippen molar-refractivity contribution in [3.05, 3.63) is 179 Å². The zero-order valence-corrected chi connectivity index (χ0v) is 27.6. The minimum absolute atomic E-state index is 0.0513. The van der Waals surface area contributed by atoms with E-state index in [-0.39, 0.29) is 34.8 Å². The monoisotopic (exact) mass is 671 g/mol. The van der Waals surface area contributed by atoms with Crippen LogP contribution in [0.1, 0.15) is 35.2 Å². The summed E-state index contributed by atoms with van der Waals surface area (Å²) >= 11 is 0.997. The van der Waals surface area contributed by atoms with Gasteiger partial charge in [0.25, 0.3) is 11.8 Å². The van der Waals surface area contributed by atoms with Gasteiger partial charge in [-0.15, -0.1) is 0 Å². The molecule has 49 heavy (non-hydrogen) atoms. The van der Waals surface area contributed by atoms with Crippen LogP contribution in [0.2, 0.25) is 0 Å². The fraction of sp³-hybridized carbons (Fsp3) is 0.100. The molecule has 9 heteroatoms. The van der Waals surface area contributed by atoms with Gasteiger partial charge in [-0.1, -0.05) is 128 Å². The topological polar surface area (TPSA) is 88.1 Å². The van der Waals surface area contributed by atoms with Crippen LogP contribution in [0.25, 0.3) is 6.08 Å². The lowest BCUT2D eigenvalue weighted by atomic mass is 9.99. The van der Waals surface area contributed by atoms with E-state index < -0.39 is 17.9 Å². The second kappa shape index (κ2) is 16.9. The smallest absolute Gasteiger partial charge is 0.285 e. The standard InChI is InChI=1S/C40H34FN3O4S/c1-3-5-19-32(4-2)44-39(47)34(25-28-21-23-33(24-22-28)48-26-31-18-12-13-20-35(31)41)38(46)43-40(44)49-27-36(45)42-37(29-14-8-6-9-15-29)30-16-10-7-11-17-30/h3-25,37H,1,26-27H2,2H3,(H,42,45)/b19-5-,32-4+,34-25+. The van der Waals surface area contributed by atoms with Gasteiger partial charge in [0.05, 0.1) is 11.8 Å². The van der Waals surface area contributed by atoms with Crippen LogP contribution in [0, 0.1) is 5.82 Å². The number of nitrogens with one attached hydrogen (secondary N) is 1. The Hall–Kier alpha value is -5.80. The van der Waals surface area contributed by atoms with Crippen molar-refractivity contribution < 1.29 is 23.5 Å². The highest BCUT2D eigenvalue weighted by atomic mass is 32.2. The number of hydrogen-bond acceptors (Lipinski definition) is 5. The van der Waals surface area contributed by atoms with Gasteiger partial charge >= 0.3 is 0 Å². The van der Waals surface area contributed by atoms with Crippen molar-refractivity contribution >= 4 is 40.7 Å². The SMILES string of the molecule is C=C/C=C\C(=C/C)N1C(=O)/C(=C/c2ccc(OCc3ccccc3F)cc2)C(=O)N=C1SCC(=O)NC(c1ccccc1)c1ccccc1. The molecule has 0 aliphatic carbocycles. The molecule has 4 aromatic carbocycles. The molecule has 0 saturated carbocycles. The van der Waals surface area contributed by atoms with E-state index in [4.69, 9.17) is 4.74 Å². The first-order chi connectivity index (χ1) is 23.9. The van der Waals surface area contributed by atoms with Gasteiger partial charge in [-0.25, -0.2) is 4.39 Å². The maximum absolute atomic E-state index is 14.0. The van der Waals surface area contributed by atoms with Crippen molar-refractivity contribution in [3.8, 4) is 5.75 Å². The van der Waals surface area contributed by atoms with E-state index in [1.54, 1.807) is 73.7 Å². The van der Waals surface area contributed by atoms with Crippen molar-refractivity contribution in [1.29, 1.82) is 0 Å². The number of carbonyl (C=O) groups excluding carboxylic acids is 3. The molecule has 4 aromatic rings.